The van der Waals surface area contributed by atoms with Crippen molar-refractivity contribution in [3.8, 4) is 0 Å². The molecule has 3 atom stereocenters. The van der Waals surface area contributed by atoms with Crippen LogP contribution < -0.4 is 5.32 Å². The first kappa shape index (κ1) is 23.8. The molecule has 0 unspecified atom stereocenters. The lowest BCUT2D eigenvalue weighted by atomic mass is 9.73. The summed E-state index contributed by atoms with van der Waals surface area (Å²) in [7, 11) is 0. The molecule has 0 aromatic heterocycles. The monoisotopic (exact) mass is 455 g/mol. The largest absolute Gasteiger partial charge is 0.435 e. The second kappa shape index (κ2) is 7.64. The molecule has 174 valence electrons. The number of carbonyl (C=O) groups excluding carboxylic acids is 1. The second-order valence-electron chi connectivity index (χ2n) is 8.98. The maximum Gasteiger partial charge on any atom is 0.435 e. The molecule has 2 aliphatic rings. The smallest absolute Gasteiger partial charge is 0.381 e. The van der Waals surface area contributed by atoms with Crippen LogP contribution in [0.4, 0.5) is 30.7 Å². The van der Waals surface area contributed by atoms with Crippen molar-refractivity contribution >= 4 is 5.91 Å². The van der Waals surface area contributed by atoms with Gasteiger partial charge < -0.3 is 10.4 Å². The zero-order valence-corrected chi connectivity index (χ0v) is 17.0. The van der Waals surface area contributed by atoms with E-state index in [9.17, 15) is 40.6 Å². The molecule has 0 spiro atoms. The van der Waals surface area contributed by atoms with Crippen LogP contribution in [0.5, 0.6) is 0 Å². The van der Waals surface area contributed by atoms with E-state index in [-0.39, 0.29) is 24.2 Å². The van der Waals surface area contributed by atoms with Gasteiger partial charge in [-0.05, 0) is 68.4 Å². The number of hydrogen-bond donors (Lipinski definition) is 2. The molecule has 1 aromatic carbocycles. The maximum atomic E-state index is 14.4. The van der Waals surface area contributed by atoms with Crippen LogP contribution in [0.25, 0.3) is 0 Å². The van der Waals surface area contributed by atoms with Gasteiger partial charge in [0.25, 0.3) is 5.91 Å². The standard InChI is InChI=1S/C21H24F7NO2/c1-18(2,31)17(30)29-10-12-4-7-16-14-8-5-13(9-11(14)3-6-15(12)16)19(22,20(23,24)25)21(26,27)28/h5,8-9,12,15-16,31H,3-4,6-7,10H2,1-2H3,(H,29,30)/t12-,15-,16-/m0/s1. The van der Waals surface area contributed by atoms with Crippen molar-refractivity contribution < 1.29 is 40.6 Å². The number of benzene rings is 1. The molecule has 1 amide bonds. The van der Waals surface area contributed by atoms with Crippen LogP contribution in [0.1, 0.15) is 55.7 Å². The predicted octanol–water partition coefficient (Wildman–Crippen LogP) is 4.92. The van der Waals surface area contributed by atoms with Crippen LogP contribution in [0, 0.1) is 11.8 Å². The number of aliphatic hydroxyl groups is 1. The van der Waals surface area contributed by atoms with Crippen molar-refractivity contribution in [1.29, 1.82) is 0 Å². The summed E-state index contributed by atoms with van der Waals surface area (Å²) in [5, 5.41) is 12.4. The van der Waals surface area contributed by atoms with Crippen molar-refractivity contribution in [1.82, 2.24) is 5.32 Å². The Morgan fingerprint density at radius 1 is 1.03 bits per heavy atom. The molecule has 3 rings (SSSR count). The number of carbonyl (C=O) groups is 1. The summed E-state index contributed by atoms with van der Waals surface area (Å²) in [5.41, 5.74) is -7.45. The molecule has 1 saturated carbocycles. The fourth-order valence-corrected chi connectivity index (χ4v) is 4.88. The molecule has 1 aromatic rings. The van der Waals surface area contributed by atoms with Crippen LogP contribution in [-0.4, -0.2) is 35.5 Å². The summed E-state index contributed by atoms with van der Waals surface area (Å²) in [6, 6.07) is 2.48. The fourth-order valence-electron chi connectivity index (χ4n) is 4.88. The quantitative estimate of drug-likeness (QED) is 0.634. The van der Waals surface area contributed by atoms with Crippen LogP contribution in [0.15, 0.2) is 18.2 Å². The van der Waals surface area contributed by atoms with Crippen molar-refractivity contribution in [2.24, 2.45) is 11.8 Å². The lowest BCUT2D eigenvalue weighted by molar-refractivity contribution is -0.348. The highest BCUT2D eigenvalue weighted by molar-refractivity contribution is 5.83. The number of hydrogen-bond acceptors (Lipinski definition) is 2. The number of halogens is 7. The van der Waals surface area contributed by atoms with Gasteiger partial charge in [-0.3, -0.25) is 4.79 Å². The van der Waals surface area contributed by atoms with Gasteiger partial charge in [0, 0.05) is 12.1 Å². The molecule has 0 saturated heterocycles. The van der Waals surface area contributed by atoms with E-state index in [4.69, 9.17) is 0 Å². The molecule has 0 heterocycles. The van der Waals surface area contributed by atoms with E-state index < -0.39 is 35.1 Å². The first-order valence-electron chi connectivity index (χ1n) is 10.0. The van der Waals surface area contributed by atoms with Crippen molar-refractivity contribution in [2.75, 3.05) is 6.54 Å². The normalized spacial score (nSPS) is 24.5. The van der Waals surface area contributed by atoms with E-state index in [1.54, 1.807) is 0 Å². The Bertz CT molecular complexity index is 828. The molecule has 0 aliphatic heterocycles. The summed E-state index contributed by atoms with van der Waals surface area (Å²) in [4.78, 5) is 11.9. The molecule has 0 radical (unpaired) electrons. The van der Waals surface area contributed by atoms with Gasteiger partial charge in [-0.2, -0.15) is 26.3 Å². The van der Waals surface area contributed by atoms with Crippen LogP contribution >= 0.6 is 0 Å². The molecule has 3 nitrogen and oxygen atoms in total. The topological polar surface area (TPSA) is 49.3 Å². The minimum absolute atomic E-state index is 0.0763. The van der Waals surface area contributed by atoms with Gasteiger partial charge in [0.2, 0.25) is 0 Å². The number of nitrogens with one attached hydrogen (secondary N) is 1. The number of rotatable bonds is 4. The van der Waals surface area contributed by atoms with E-state index >= 15 is 0 Å². The van der Waals surface area contributed by atoms with E-state index in [1.807, 2.05) is 0 Å². The lowest BCUT2D eigenvalue weighted by Crippen LogP contribution is -2.50. The lowest BCUT2D eigenvalue weighted by Gasteiger charge is -2.34. The second-order valence-corrected chi connectivity index (χ2v) is 8.98. The number of aryl methyl sites for hydroxylation is 1. The van der Waals surface area contributed by atoms with Gasteiger partial charge in [0.15, 0.2) is 0 Å². The van der Waals surface area contributed by atoms with E-state index in [1.165, 1.54) is 19.9 Å². The molecule has 31 heavy (non-hydrogen) atoms. The minimum Gasteiger partial charge on any atom is -0.381 e. The highest BCUT2D eigenvalue weighted by atomic mass is 19.4. The maximum absolute atomic E-state index is 14.4. The summed E-state index contributed by atoms with van der Waals surface area (Å²) >= 11 is 0. The molecule has 1 fully saturated rings. The molecular weight excluding hydrogens is 431 g/mol. The summed E-state index contributed by atoms with van der Waals surface area (Å²) in [6.07, 6.45) is -10.1. The van der Waals surface area contributed by atoms with Gasteiger partial charge in [-0.25, -0.2) is 4.39 Å². The average Bonchev–Trinajstić information content (AvgIpc) is 3.05. The first-order chi connectivity index (χ1) is 14.1. The van der Waals surface area contributed by atoms with E-state index in [2.05, 4.69) is 5.32 Å². The number of amides is 1. The first-order valence-corrected chi connectivity index (χ1v) is 10.0. The zero-order valence-electron chi connectivity index (χ0n) is 17.0. The number of alkyl halides is 7. The Labute approximate surface area is 175 Å². The SMILES string of the molecule is CC(C)(O)C(=O)NC[C@@H]1CC[C@H]2c3ccc(C(F)(C(F)(F)F)C(F)(F)F)cc3CC[C@@H]12. The summed E-state index contributed by atoms with van der Waals surface area (Å²) < 4.78 is 92.8. The van der Waals surface area contributed by atoms with Crippen molar-refractivity contribution in [3.63, 3.8) is 0 Å². The molecule has 0 bridgehead atoms. The average molecular weight is 455 g/mol. The predicted molar refractivity (Wildman–Crippen MR) is 97.9 cm³/mol. The summed E-state index contributed by atoms with van der Waals surface area (Å²) in [6.45, 7) is 3.05. The van der Waals surface area contributed by atoms with Crippen molar-refractivity contribution in [3.05, 3.63) is 34.9 Å². The fraction of sp³-hybridized carbons (Fsp3) is 0.667. The molecule has 2 aliphatic carbocycles. The van der Waals surface area contributed by atoms with Crippen LogP contribution in [0.3, 0.4) is 0 Å². The molecular formula is C21H24F7NO2. The van der Waals surface area contributed by atoms with Gasteiger partial charge in [0.1, 0.15) is 5.60 Å². The molecule has 10 heteroatoms. The highest BCUT2D eigenvalue weighted by Gasteiger charge is 2.73. The van der Waals surface area contributed by atoms with Crippen LogP contribution in [0.2, 0.25) is 0 Å². The summed E-state index contributed by atoms with van der Waals surface area (Å²) in [5.74, 6) is -0.418. The van der Waals surface area contributed by atoms with Gasteiger partial charge in [0.05, 0.1) is 0 Å². The third-order valence-corrected chi connectivity index (χ3v) is 6.52. The van der Waals surface area contributed by atoms with Gasteiger partial charge >= 0.3 is 18.0 Å². The zero-order chi connectivity index (χ0) is 23.4. The number of fused-ring (bicyclic) bond motifs is 3. The third-order valence-electron chi connectivity index (χ3n) is 6.52. The van der Waals surface area contributed by atoms with Gasteiger partial charge in [-0.15, -0.1) is 0 Å². The third kappa shape index (κ3) is 4.15. The van der Waals surface area contributed by atoms with E-state index in [0.29, 0.717) is 42.6 Å². The van der Waals surface area contributed by atoms with Crippen LogP contribution in [-0.2, 0) is 16.9 Å². The highest BCUT2D eigenvalue weighted by Crippen LogP contribution is 2.55. The van der Waals surface area contributed by atoms with Gasteiger partial charge in [-0.1, -0.05) is 18.2 Å². The van der Waals surface area contributed by atoms with E-state index in [0.717, 1.165) is 6.42 Å². The Morgan fingerprint density at radius 3 is 2.19 bits per heavy atom. The minimum atomic E-state index is -6.13. The van der Waals surface area contributed by atoms with Crippen molar-refractivity contribution in [2.45, 2.75) is 69.1 Å². The Balaban J connectivity index is 1.83. The molecule has 2 N–H and O–H groups in total. The Morgan fingerprint density at radius 2 is 1.65 bits per heavy atom. The Kier molecular flexibility index (Phi) is 5.87. The Hall–Kier alpha value is -1.84.